The van der Waals surface area contributed by atoms with E-state index in [1.165, 1.54) is 18.6 Å². The summed E-state index contributed by atoms with van der Waals surface area (Å²) in [4.78, 5) is 4.23. The molecular formula is C11H24IN3S2. The first kappa shape index (κ1) is 17.7. The van der Waals surface area contributed by atoms with Crippen LogP contribution in [0.3, 0.4) is 0 Å². The second-order valence-electron chi connectivity index (χ2n) is 4.02. The second kappa shape index (κ2) is 10.6. The van der Waals surface area contributed by atoms with Gasteiger partial charge in [-0.2, -0.15) is 23.5 Å². The molecule has 1 aliphatic rings. The van der Waals surface area contributed by atoms with Crippen LogP contribution in [0.1, 0.15) is 19.8 Å². The number of hydrogen-bond donors (Lipinski definition) is 2. The minimum absolute atomic E-state index is 0. The molecule has 1 aliphatic heterocycles. The van der Waals surface area contributed by atoms with Gasteiger partial charge in [-0.25, -0.2) is 0 Å². The second-order valence-corrected chi connectivity index (χ2v) is 6.70. The van der Waals surface area contributed by atoms with E-state index in [0.29, 0.717) is 5.25 Å². The monoisotopic (exact) mass is 389 g/mol. The summed E-state index contributed by atoms with van der Waals surface area (Å²) >= 11 is 3.95. The largest absolute Gasteiger partial charge is 0.355 e. The molecule has 102 valence electrons. The zero-order chi connectivity index (χ0) is 11.8. The van der Waals surface area contributed by atoms with Gasteiger partial charge in [0.05, 0.1) is 0 Å². The topological polar surface area (TPSA) is 36.4 Å². The standard InChI is InChI=1S/C11H23N3S2.HI/c1-9(15-3)7-13-11(12-2)14-8-10-5-4-6-16-10;/h9-10H,4-8H2,1-3H3,(H2,12,13,14);1H. The van der Waals surface area contributed by atoms with Gasteiger partial charge in [-0.15, -0.1) is 24.0 Å². The third kappa shape index (κ3) is 7.66. The van der Waals surface area contributed by atoms with Crippen LogP contribution < -0.4 is 10.6 Å². The third-order valence-electron chi connectivity index (χ3n) is 2.70. The maximum absolute atomic E-state index is 4.23. The predicted octanol–water partition coefficient (Wildman–Crippen LogP) is 2.42. The van der Waals surface area contributed by atoms with Gasteiger partial charge in [0.2, 0.25) is 0 Å². The first-order valence-corrected chi connectivity index (χ1v) is 8.19. The smallest absolute Gasteiger partial charge is 0.191 e. The third-order valence-corrected chi connectivity index (χ3v) is 5.07. The first-order chi connectivity index (χ1) is 7.76. The molecule has 0 aromatic heterocycles. The van der Waals surface area contributed by atoms with Gasteiger partial charge >= 0.3 is 0 Å². The molecule has 0 spiro atoms. The molecule has 0 bridgehead atoms. The summed E-state index contributed by atoms with van der Waals surface area (Å²) in [6, 6.07) is 0. The van der Waals surface area contributed by atoms with E-state index in [-0.39, 0.29) is 24.0 Å². The maximum atomic E-state index is 4.23. The number of guanidine groups is 1. The molecule has 1 rings (SSSR count). The van der Waals surface area contributed by atoms with Crippen molar-refractivity contribution in [1.82, 2.24) is 10.6 Å². The van der Waals surface area contributed by atoms with E-state index in [2.05, 4.69) is 40.6 Å². The Morgan fingerprint density at radius 3 is 2.82 bits per heavy atom. The minimum Gasteiger partial charge on any atom is -0.355 e. The first-order valence-electron chi connectivity index (χ1n) is 5.85. The van der Waals surface area contributed by atoms with Crippen molar-refractivity contribution in [3.8, 4) is 0 Å². The number of halogens is 1. The lowest BCUT2D eigenvalue weighted by Crippen LogP contribution is -2.42. The van der Waals surface area contributed by atoms with Gasteiger partial charge in [0.25, 0.3) is 0 Å². The molecule has 2 N–H and O–H groups in total. The van der Waals surface area contributed by atoms with Crippen LogP contribution in [-0.4, -0.2) is 48.6 Å². The fourth-order valence-electron chi connectivity index (χ4n) is 1.56. The summed E-state index contributed by atoms with van der Waals surface area (Å²) in [7, 11) is 1.83. The molecule has 0 aromatic rings. The summed E-state index contributed by atoms with van der Waals surface area (Å²) < 4.78 is 0. The number of rotatable bonds is 5. The number of aliphatic imine (C=N–C) groups is 1. The predicted molar refractivity (Wildman–Crippen MR) is 93.2 cm³/mol. The average molecular weight is 389 g/mol. The Balaban J connectivity index is 0.00000256. The highest BCUT2D eigenvalue weighted by Crippen LogP contribution is 2.25. The Labute approximate surface area is 131 Å². The van der Waals surface area contributed by atoms with Gasteiger partial charge < -0.3 is 10.6 Å². The molecule has 17 heavy (non-hydrogen) atoms. The number of hydrogen-bond acceptors (Lipinski definition) is 3. The van der Waals surface area contributed by atoms with E-state index >= 15 is 0 Å². The average Bonchev–Trinajstić information content (AvgIpc) is 2.81. The summed E-state index contributed by atoms with van der Waals surface area (Å²) in [6.45, 7) is 4.23. The Kier molecular flexibility index (Phi) is 11.0. The molecular weight excluding hydrogens is 365 g/mol. The molecule has 0 radical (unpaired) electrons. The molecule has 0 aromatic carbocycles. The van der Waals surface area contributed by atoms with Crippen molar-refractivity contribution in [2.75, 3.05) is 32.1 Å². The summed E-state index contributed by atoms with van der Waals surface area (Å²) in [5, 5.41) is 8.15. The van der Waals surface area contributed by atoms with E-state index in [1.54, 1.807) is 0 Å². The van der Waals surface area contributed by atoms with Crippen LogP contribution in [0.5, 0.6) is 0 Å². The van der Waals surface area contributed by atoms with Gasteiger partial charge in [-0.1, -0.05) is 6.92 Å². The highest BCUT2D eigenvalue weighted by atomic mass is 127. The van der Waals surface area contributed by atoms with Crippen molar-refractivity contribution in [2.24, 2.45) is 4.99 Å². The van der Waals surface area contributed by atoms with Crippen molar-refractivity contribution in [1.29, 1.82) is 0 Å². The van der Waals surface area contributed by atoms with Gasteiger partial charge in [0, 0.05) is 30.6 Å². The Morgan fingerprint density at radius 1 is 1.53 bits per heavy atom. The van der Waals surface area contributed by atoms with Crippen molar-refractivity contribution < 1.29 is 0 Å². The molecule has 2 atom stereocenters. The molecule has 0 aliphatic carbocycles. The zero-order valence-electron chi connectivity index (χ0n) is 10.9. The zero-order valence-corrected chi connectivity index (χ0v) is 14.8. The van der Waals surface area contributed by atoms with Crippen molar-refractivity contribution >= 4 is 53.5 Å². The van der Waals surface area contributed by atoms with Crippen LogP contribution in [0.4, 0.5) is 0 Å². The van der Waals surface area contributed by atoms with E-state index in [0.717, 1.165) is 24.3 Å². The van der Waals surface area contributed by atoms with E-state index in [9.17, 15) is 0 Å². The normalized spacial score (nSPS) is 21.8. The van der Waals surface area contributed by atoms with Gasteiger partial charge in [0.15, 0.2) is 5.96 Å². The SMILES string of the molecule is CN=C(NCC(C)SC)NCC1CCCS1.I. The number of nitrogens with one attached hydrogen (secondary N) is 2. The summed E-state index contributed by atoms with van der Waals surface area (Å²) in [6.07, 6.45) is 4.85. The van der Waals surface area contributed by atoms with Crippen LogP contribution in [-0.2, 0) is 0 Å². The van der Waals surface area contributed by atoms with Gasteiger partial charge in [-0.3, -0.25) is 4.99 Å². The number of thioether (sulfide) groups is 2. The molecule has 0 amide bonds. The lowest BCUT2D eigenvalue weighted by molar-refractivity contribution is 0.723. The van der Waals surface area contributed by atoms with Crippen molar-refractivity contribution in [3.63, 3.8) is 0 Å². The van der Waals surface area contributed by atoms with E-state index < -0.39 is 0 Å². The molecule has 1 fully saturated rings. The summed E-state index contributed by atoms with van der Waals surface area (Å²) in [5.41, 5.74) is 0. The molecule has 1 heterocycles. The molecule has 1 saturated heterocycles. The van der Waals surface area contributed by atoms with Crippen molar-refractivity contribution in [2.45, 2.75) is 30.3 Å². The van der Waals surface area contributed by atoms with E-state index in [1.807, 2.05) is 18.8 Å². The quantitative estimate of drug-likeness (QED) is 0.430. The van der Waals surface area contributed by atoms with Gasteiger partial charge in [0.1, 0.15) is 0 Å². The van der Waals surface area contributed by atoms with Crippen molar-refractivity contribution in [3.05, 3.63) is 0 Å². The molecule has 0 saturated carbocycles. The Hall–Kier alpha value is 0.700. The lowest BCUT2D eigenvalue weighted by atomic mass is 10.2. The van der Waals surface area contributed by atoms with Crippen LogP contribution in [0.15, 0.2) is 4.99 Å². The Bertz CT molecular complexity index is 221. The molecule has 2 unspecified atom stereocenters. The maximum Gasteiger partial charge on any atom is 0.191 e. The fraction of sp³-hybridized carbons (Fsp3) is 0.909. The molecule has 3 nitrogen and oxygen atoms in total. The fourth-order valence-corrected chi connectivity index (χ4v) is 3.01. The number of nitrogens with zero attached hydrogens (tertiary/aromatic N) is 1. The highest BCUT2D eigenvalue weighted by molar-refractivity contribution is 14.0. The Morgan fingerprint density at radius 2 is 2.29 bits per heavy atom. The van der Waals surface area contributed by atoms with Crippen LogP contribution in [0.2, 0.25) is 0 Å². The molecule has 6 heteroatoms. The van der Waals surface area contributed by atoms with Crippen LogP contribution >= 0.6 is 47.5 Å². The van der Waals surface area contributed by atoms with E-state index in [4.69, 9.17) is 0 Å². The van der Waals surface area contributed by atoms with Crippen LogP contribution in [0.25, 0.3) is 0 Å². The minimum atomic E-state index is 0. The lowest BCUT2D eigenvalue weighted by Gasteiger charge is -2.16. The van der Waals surface area contributed by atoms with Gasteiger partial charge in [-0.05, 0) is 24.9 Å². The highest BCUT2D eigenvalue weighted by Gasteiger charge is 2.15. The van der Waals surface area contributed by atoms with Crippen LogP contribution in [0, 0.1) is 0 Å². The summed E-state index contributed by atoms with van der Waals surface area (Å²) in [5.74, 6) is 2.26.